The summed E-state index contributed by atoms with van der Waals surface area (Å²) in [7, 11) is 1.63. The minimum atomic E-state index is -0.00331. The summed E-state index contributed by atoms with van der Waals surface area (Å²) in [5, 5.41) is 0.846. The van der Waals surface area contributed by atoms with Crippen LogP contribution in [0.25, 0.3) is 10.9 Å². The van der Waals surface area contributed by atoms with Gasteiger partial charge < -0.3 is 19.2 Å². The van der Waals surface area contributed by atoms with E-state index in [0.717, 1.165) is 22.9 Å². The van der Waals surface area contributed by atoms with Gasteiger partial charge in [0.15, 0.2) is 6.29 Å². The molecule has 0 aliphatic rings. The van der Waals surface area contributed by atoms with E-state index in [-0.39, 0.29) is 6.10 Å². The Hall–Kier alpha value is -2.86. The van der Waals surface area contributed by atoms with E-state index in [1.165, 1.54) is 0 Å². The Morgan fingerprint density at radius 3 is 2.68 bits per heavy atom. The molecule has 1 aromatic carbocycles. The molecule has 0 spiro atoms. The molecule has 3 aromatic rings. The van der Waals surface area contributed by atoms with Gasteiger partial charge in [0.1, 0.15) is 17.2 Å². The highest BCUT2D eigenvalue weighted by molar-refractivity contribution is 5.92. The van der Waals surface area contributed by atoms with E-state index in [1.54, 1.807) is 25.4 Å². The first kappa shape index (κ1) is 17.0. The second-order valence-corrected chi connectivity index (χ2v) is 5.92. The molecule has 0 saturated carbocycles. The lowest BCUT2D eigenvalue weighted by atomic mass is 10.2. The second-order valence-electron chi connectivity index (χ2n) is 5.92. The number of hydrogen-bond donors (Lipinski definition) is 1. The highest BCUT2D eigenvalue weighted by Gasteiger charge is 2.12. The first-order valence-electron chi connectivity index (χ1n) is 7.99. The van der Waals surface area contributed by atoms with Crippen molar-refractivity contribution in [1.29, 1.82) is 0 Å². The maximum atomic E-state index is 11.0. The van der Waals surface area contributed by atoms with Gasteiger partial charge in [0, 0.05) is 18.6 Å². The van der Waals surface area contributed by atoms with Crippen LogP contribution in [0.1, 0.15) is 30.0 Å². The van der Waals surface area contributed by atoms with Crippen LogP contribution in [0.4, 0.5) is 0 Å². The summed E-state index contributed by atoms with van der Waals surface area (Å²) in [6, 6.07) is 9.11. The maximum Gasteiger partial charge on any atom is 0.166 e. The van der Waals surface area contributed by atoms with E-state index in [2.05, 4.69) is 9.97 Å². The average molecular weight is 340 g/mol. The smallest absolute Gasteiger partial charge is 0.166 e. The van der Waals surface area contributed by atoms with Crippen LogP contribution in [-0.4, -0.2) is 29.5 Å². The Kier molecular flexibility index (Phi) is 5.00. The lowest BCUT2D eigenvalue weighted by Crippen LogP contribution is -2.06. The summed E-state index contributed by atoms with van der Waals surface area (Å²) in [6.07, 6.45) is 2.42. The van der Waals surface area contributed by atoms with Crippen LogP contribution in [0, 0.1) is 0 Å². The van der Waals surface area contributed by atoms with E-state index in [4.69, 9.17) is 14.2 Å². The van der Waals surface area contributed by atoms with Gasteiger partial charge in [-0.15, -0.1) is 0 Å². The second kappa shape index (κ2) is 7.36. The molecule has 3 rings (SSSR count). The highest BCUT2D eigenvalue weighted by Crippen LogP contribution is 2.34. The molecule has 0 aliphatic carbocycles. The van der Waals surface area contributed by atoms with E-state index < -0.39 is 0 Å². The van der Waals surface area contributed by atoms with Gasteiger partial charge >= 0.3 is 0 Å². The zero-order valence-electron chi connectivity index (χ0n) is 14.4. The van der Waals surface area contributed by atoms with Gasteiger partial charge in [-0.2, -0.15) is 0 Å². The fraction of sp³-hybridized carbons (Fsp3) is 0.263. The number of fused-ring (bicyclic) bond motifs is 1. The van der Waals surface area contributed by atoms with Crippen LogP contribution in [-0.2, 0) is 11.3 Å². The quantitative estimate of drug-likeness (QED) is 0.656. The molecule has 0 radical (unpaired) electrons. The lowest BCUT2D eigenvalue weighted by molar-refractivity contribution is 0.112. The average Bonchev–Trinajstić information content (AvgIpc) is 3.00. The number of aromatic amines is 1. The predicted molar refractivity (Wildman–Crippen MR) is 94.5 cm³/mol. The van der Waals surface area contributed by atoms with Crippen molar-refractivity contribution in [2.45, 2.75) is 26.6 Å². The molecule has 2 aromatic heterocycles. The molecule has 0 bridgehead atoms. The molecule has 0 aliphatic heterocycles. The number of nitrogens with zero attached hydrogens (tertiary/aromatic N) is 1. The number of pyridine rings is 1. The molecule has 0 unspecified atom stereocenters. The number of rotatable bonds is 7. The minimum Gasteiger partial charge on any atom is -0.489 e. The Morgan fingerprint density at radius 1 is 1.20 bits per heavy atom. The molecule has 1 N–H and O–H groups in total. The highest BCUT2D eigenvalue weighted by atomic mass is 16.5. The number of carbonyl (C=O) groups excluding carboxylic acids is 1. The van der Waals surface area contributed by atoms with Gasteiger partial charge in [0.05, 0.1) is 35.8 Å². The van der Waals surface area contributed by atoms with E-state index in [0.29, 0.717) is 29.5 Å². The van der Waals surface area contributed by atoms with Crippen molar-refractivity contribution in [3.05, 3.63) is 47.9 Å². The van der Waals surface area contributed by atoms with Crippen molar-refractivity contribution in [3.63, 3.8) is 0 Å². The van der Waals surface area contributed by atoms with Crippen LogP contribution in [0.5, 0.6) is 17.2 Å². The zero-order chi connectivity index (χ0) is 17.8. The van der Waals surface area contributed by atoms with Gasteiger partial charge in [0.25, 0.3) is 0 Å². The molecular formula is C19H20N2O4. The molecule has 25 heavy (non-hydrogen) atoms. The Balaban J connectivity index is 1.93. The molecule has 6 nitrogen and oxygen atoms in total. The van der Waals surface area contributed by atoms with Gasteiger partial charge in [-0.25, -0.2) is 0 Å². The third-order valence-electron chi connectivity index (χ3n) is 3.50. The van der Waals surface area contributed by atoms with Crippen LogP contribution in [0.3, 0.4) is 0 Å². The van der Waals surface area contributed by atoms with Crippen LogP contribution in [0.2, 0.25) is 0 Å². The Labute approximate surface area is 145 Å². The van der Waals surface area contributed by atoms with E-state index >= 15 is 0 Å². The Morgan fingerprint density at radius 2 is 2.04 bits per heavy atom. The van der Waals surface area contributed by atoms with E-state index in [9.17, 15) is 4.79 Å². The minimum absolute atomic E-state index is 0.00331. The molecule has 130 valence electrons. The van der Waals surface area contributed by atoms with Gasteiger partial charge in [-0.1, -0.05) is 0 Å². The number of methoxy groups -OCH3 is 1. The number of ether oxygens (including phenoxy) is 3. The van der Waals surface area contributed by atoms with Crippen molar-refractivity contribution < 1.29 is 19.0 Å². The number of carbonyl (C=O) groups is 1. The summed E-state index contributed by atoms with van der Waals surface area (Å²) in [5.74, 6) is 1.86. The standard InChI is InChI=1S/C19H20N2O4/c1-12(2)24-18-8-17(7-13-6-15(10-22)21-19(13)18)25-16-5-4-14(11-23-3)20-9-16/h4-10,12,21H,11H2,1-3H3. The SMILES string of the molecule is COCc1ccc(Oc2cc(OC(C)C)c3[nH]c(C=O)cc3c2)cn1. The third kappa shape index (κ3) is 3.97. The number of nitrogens with one attached hydrogen (secondary N) is 1. The zero-order valence-corrected chi connectivity index (χ0v) is 14.4. The molecule has 0 amide bonds. The summed E-state index contributed by atoms with van der Waals surface area (Å²) < 4.78 is 16.8. The molecule has 0 saturated heterocycles. The maximum absolute atomic E-state index is 11.0. The number of hydrogen-bond acceptors (Lipinski definition) is 5. The molecular weight excluding hydrogens is 320 g/mol. The van der Waals surface area contributed by atoms with Crippen LogP contribution >= 0.6 is 0 Å². The predicted octanol–water partition coefficient (Wildman–Crippen LogP) is 4.10. The van der Waals surface area contributed by atoms with Gasteiger partial charge in [-0.3, -0.25) is 9.78 Å². The fourth-order valence-electron chi connectivity index (χ4n) is 2.52. The molecule has 2 heterocycles. The summed E-state index contributed by atoms with van der Waals surface area (Å²) in [4.78, 5) is 18.4. The van der Waals surface area contributed by atoms with Crippen LogP contribution in [0.15, 0.2) is 36.5 Å². The van der Waals surface area contributed by atoms with Gasteiger partial charge in [0.2, 0.25) is 0 Å². The molecule has 6 heteroatoms. The number of aldehydes is 1. The fourth-order valence-corrected chi connectivity index (χ4v) is 2.52. The number of benzene rings is 1. The number of H-pyrrole nitrogens is 1. The van der Waals surface area contributed by atoms with Crippen molar-refractivity contribution in [2.75, 3.05) is 7.11 Å². The van der Waals surface area contributed by atoms with Crippen molar-refractivity contribution in [3.8, 4) is 17.2 Å². The largest absolute Gasteiger partial charge is 0.489 e. The van der Waals surface area contributed by atoms with E-state index in [1.807, 2.05) is 32.0 Å². The third-order valence-corrected chi connectivity index (χ3v) is 3.50. The van der Waals surface area contributed by atoms with Gasteiger partial charge in [-0.05, 0) is 38.1 Å². The van der Waals surface area contributed by atoms with Crippen molar-refractivity contribution in [2.24, 2.45) is 0 Å². The van der Waals surface area contributed by atoms with Crippen LogP contribution < -0.4 is 9.47 Å². The summed E-state index contributed by atoms with van der Waals surface area (Å²) in [5.41, 5.74) is 2.10. The first-order valence-corrected chi connectivity index (χ1v) is 7.99. The topological polar surface area (TPSA) is 73.4 Å². The lowest BCUT2D eigenvalue weighted by Gasteiger charge is -2.13. The normalized spacial score (nSPS) is 11.0. The van der Waals surface area contributed by atoms with Crippen molar-refractivity contribution >= 4 is 17.2 Å². The first-order chi connectivity index (χ1) is 12.1. The molecule has 0 fully saturated rings. The van der Waals surface area contributed by atoms with Crippen molar-refractivity contribution in [1.82, 2.24) is 9.97 Å². The number of aromatic nitrogens is 2. The Bertz CT molecular complexity index is 869. The monoisotopic (exact) mass is 340 g/mol. The summed E-state index contributed by atoms with van der Waals surface area (Å²) in [6.45, 7) is 4.35. The molecule has 0 atom stereocenters. The summed E-state index contributed by atoms with van der Waals surface area (Å²) >= 11 is 0.